The molecule has 0 aliphatic carbocycles. The monoisotopic (exact) mass is 298 g/mol. The van der Waals surface area contributed by atoms with Crippen molar-refractivity contribution in [2.75, 3.05) is 0 Å². The second-order valence-electron chi connectivity index (χ2n) is 4.23. The van der Waals surface area contributed by atoms with Crippen LogP contribution in [0.25, 0.3) is 0 Å². The molecule has 6 nitrogen and oxygen atoms in total. The van der Waals surface area contributed by atoms with Crippen molar-refractivity contribution in [3.05, 3.63) is 34.9 Å². The van der Waals surface area contributed by atoms with Gasteiger partial charge in [-0.05, 0) is 18.1 Å². The van der Waals surface area contributed by atoms with Gasteiger partial charge in [-0.15, -0.1) is 0 Å². The maximum atomic E-state index is 11.8. The van der Waals surface area contributed by atoms with Crippen LogP contribution in [0, 0.1) is 0 Å². The van der Waals surface area contributed by atoms with Crippen molar-refractivity contribution in [3.8, 4) is 0 Å². The highest BCUT2D eigenvalue weighted by molar-refractivity contribution is 6.31. The predicted molar refractivity (Wildman–Crippen MR) is 73.2 cm³/mol. The number of amides is 2. The van der Waals surface area contributed by atoms with Gasteiger partial charge in [0, 0.05) is 11.4 Å². The Morgan fingerprint density at radius 1 is 1.30 bits per heavy atom. The number of carboxylic acids is 1. The van der Waals surface area contributed by atoms with Crippen LogP contribution in [-0.2, 0) is 20.8 Å². The molecule has 1 aromatic rings. The third-order valence-electron chi connectivity index (χ3n) is 2.62. The number of nitrogens with two attached hydrogens (primary N) is 1. The summed E-state index contributed by atoms with van der Waals surface area (Å²) in [5.41, 5.74) is 5.56. The lowest BCUT2D eigenvalue weighted by molar-refractivity contribution is -0.142. The second kappa shape index (κ2) is 7.49. The molecule has 0 saturated heterocycles. The van der Waals surface area contributed by atoms with Gasteiger partial charge >= 0.3 is 5.97 Å². The van der Waals surface area contributed by atoms with Gasteiger partial charge in [-0.2, -0.15) is 0 Å². The number of carbonyl (C=O) groups excluding carboxylic acids is 2. The van der Waals surface area contributed by atoms with Gasteiger partial charge in [0.25, 0.3) is 0 Å². The average molecular weight is 299 g/mol. The number of benzene rings is 1. The van der Waals surface area contributed by atoms with Crippen LogP contribution in [0.2, 0.25) is 5.02 Å². The Morgan fingerprint density at radius 3 is 2.50 bits per heavy atom. The number of rotatable bonds is 7. The minimum Gasteiger partial charge on any atom is -0.480 e. The molecule has 0 heterocycles. The summed E-state index contributed by atoms with van der Waals surface area (Å²) in [5, 5.41) is 11.7. The Bertz CT molecular complexity index is 519. The first-order valence-electron chi connectivity index (χ1n) is 5.94. The molecular formula is C13H15ClN2O4. The summed E-state index contributed by atoms with van der Waals surface area (Å²) in [5.74, 6) is -2.30. The Hall–Kier alpha value is -2.08. The van der Waals surface area contributed by atoms with E-state index in [0.717, 1.165) is 0 Å². The highest BCUT2D eigenvalue weighted by Crippen LogP contribution is 2.15. The van der Waals surface area contributed by atoms with Gasteiger partial charge in [0.2, 0.25) is 11.8 Å². The molecule has 0 spiro atoms. The van der Waals surface area contributed by atoms with Crippen LogP contribution in [0.5, 0.6) is 0 Å². The zero-order chi connectivity index (χ0) is 15.1. The zero-order valence-electron chi connectivity index (χ0n) is 10.6. The Labute approximate surface area is 120 Å². The SMILES string of the molecule is NC(=O)CCC(NC(=O)Cc1ccccc1Cl)C(=O)O. The van der Waals surface area contributed by atoms with Gasteiger partial charge in [-0.25, -0.2) is 4.79 Å². The van der Waals surface area contributed by atoms with Crippen LogP contribution in [0.4, 0.5) is 0 Å². The van der Waals surface area contributed by atoms with Gasteiger partial charge in [0.1, 0.15) is 6.04 Å². The Balaban J connectivity index is 2.60. The zero-order valence-corrected chi connectivity index (χ0v) is 11.4. The molecule has 108 valence electrons. The van der Waals surface area contributed by atoms with Crippen LogP contribution < -0.4 is 11.1 Å². The van der Waals surface area contributed by atoms with Crippen molar-refractivity contribution in [2.24, 2.45) is 5.73 Å². The summed E-state index contributed by atoms with van der Waals surface area (Å²) in [6.07, 6.45) is -0.178. The smallest absolute Gasteiger partial charge is 0.326 e. The molecule has 0 aliphatic heterocycles. The summed E-state index contributed by atoms with van der Waals surface area (Å²) >= 11 is 5.91. The average Bonchev–Trinajstić information content (AvgIpc) is 2.36. The number of nitrogens with one attached hydrogen (secondary N) is 1. The van der Waals surface area contributed by atoms with Crippen molar-refractivity contribution < 1.29 is 19.5 Å². The minimum atomic E-state index is -1.21. The number of hydrogen-bond acceptors (Lipinski definition) is 3. The normalized spacial score (nSPS) is 11.7. The molecule has 0 bridgehead atoms. The quantitative estimate of drug-likeness (QED) is 0.689. The topological polar surface area (TPSA) is 109 Å². The third-order valence-corrected chi connectivity index (χ3v) is 2.99. The van der Waals surface area contributed by atoms with E-state index >= 15 is 0 Å². The molecule has 1 atom stereocenters. The Morgan fingerprint density at radius 2 is 1.95 bits per heavy atom. The fourth-order valence-corrected chi connectivity index (χ4v) is 1.81. The van der Waals surface area contributed by atoms with Crippen LogP contribution >= 0.6 is 11.6 Å². The maximum Gasteiger partial charge on any atom is 0.326 e. The number of aliphatic carboxylic acids is 1. The molecular weight excluding hydrogens is 284 g/mol. The molecule has 20 heavy (non-hydrogen) atoms. The number of carboxylic acid groups (broad SMARTS) is 1. The largest absolute Gasteiger partial charge is 0.480 e. The molecule has 0 radical (unpaired) electrons. The van der Waals surface area contributed by atoms with E-state index in [4.69, 9.17) is 22.4 Å². The molecule has 1 aromatic carbocycles. The lowest BCUT2D eigenvalue weighted by Crippen LogP contribution is -2.42. The van der Waals surface area contributed by atoms with E-state index in [0.29, 0.717) is 10.6 Å². The van der Waals surface area contributed by atoms with E-state index in [1.165, 1.54) is 0 Å². The van der Waals surface area contributed by atoms with Crippen molar-refractivity contribution in [3.63, 3.8) is 0 Å². The van der Waals surface area contributed by atoms with Crippen LogP contribution in [0.15, 0.2) is 24.3 Å². The van der Waals surface area contributed by atoms with Crippen LogP contribution in [-0.4, -0.2) is 28.9 Å². The fraction of sp³-hybridized carbons (Fsp3) is 0.308. The van der Waals surface area contributed by atoms with E-state index in [1.54, 1.807) is 24.3 Å². The van der Waals surface area contributed by atoms with Crippen LogP contribution in [0.1, 0.15) is 18.4 Å². The molecule has 0 fully saturated rings. The van der Waals surface area contributed by atoms with Gasteiger partial charge in [0.05, 0.1) is 6.42 Å². The van der Waals surface area contributed by atoms with Crippen molar-refractivity contribution in [1.29, 1.82) is 0 Å². The van der Waals surface area contributed by atoms with E-state index in [-0.39, 0.29) is 19.3 Å². The molecule has 0 saturated carbocycles. The predicted octanol–water partition coefficient (Wildman–Crippen LogP) is 0.717. The molecule has 1 rings (SSSR count). The Kier molecular flexibility index (Phi) is 5.99. The van der Waals surface area contributed by atoms with E-state index in [2.05, 4.69) is 5.32 Å². The first-order chi connectivity index (χ1) is 9.40. The van der Waals surface area contributed by atoms with Crippen molar-refractivity contribution >= 4 is 29.4 Å². The molecule has 7 heteroatoms. The number of primary amides is 1. The number of carbonyl (C=O) groups is 3. The second-order valence-corrected chi connectivity index (χ2v) is 4.64. The molecule has 1 unspecified atom stereocenters. The van der Waals surface area contributed by atoms with Crippen molar-refractivity contribution in [1.82, 2.24) is 5.32 Å². The first kappa shape index (κ1) is 16.0. The van der Waals surface area contributed by atoms with E-state index < -0.39 is 23.8 Å². The van der Waals surface area contributed by atoms with Crippen molar-refractivity contribution in [2.45, 2.75) is 25.3 Å². The standard InChI is InChI=1S/C13H15ClN2O4/c14-9-4-2-1-3-8(9)7-12(18)16-10(13(19)20)5-6-11(15)17/h1-4,10H,5-7H2,(H2,15,17)(H,16,18)(H,19,20). The van der Waals surface area contributed by atoms with Gasteiger partial charge < -0.3 is 16.2 Å². The first-order valence-corrected chi connectivity index (χ1v) is 6.32. The van der Waals surface area contributed by atoms with Gasteiger partial charge in [0.15, 0.2) is 0 Å². The van der Waals surface area contributed by atoms with Gasteiger partial charge in [-0.3, -0.25) is 9.59 Å². The maximum absolute atomic E-state index is 11.8. The number of hydrogen-bond donors (Lipinski definition) is 3. The molecule has 4 N–H and O–H groups in total. The summed E-state index contributed by atoms with van der Waals surface area (Å²) < 4.78 is 0. The van der Waals surface area contributed by atoms with Crippen LogP contribution in [0.3, 0.4) is 0 Å². The van der Waals surface area contributed by atoms with Gasteiger partial charge in [-0.1, -0.05) is 29.8 Å². The highest BCUT2D eigenvalue weighted by Gasteiger charge is 2.20. The van der Waals surface area contributed by atoms with E-state index in [9.17, 15) is 14.4 Å². The summed E-state index contributed by atoms with van der Waals surface area (Å²) in [6, 6.07) is 5.65. The summed E-state index contributed by atoms with van der Waals surface area (Å²) in [4.78, 5) is 33.4. The molecule has 2 amide bonds. The lowest BCUT2D eigenvalue weighted by atomic mass is 10.1. The summed E-state index contributed by atoms with van der Waals surface area (Å²) in [7, 11) is 0. The highest BCUT2D eigenvalue weighted by atomic mass is 35.5. The summed E-state index contributed by atoms with van der Waals surface area (Å²) in [6.45, 7) is 0. The number of halogens is 1. The third kappa shape index (κ3) is 5.27. The minimum absolute atomic E-state index is 0.0278. The molecule has 0 aliphatic rings. The molecule has 0 aromatic heterocycles. The fourth-order valence-electron chi connectivity index (χ4n) is 1.60. The lowest BCUT2D eigenvalue weighted by Gasteiger charge is -2.14. The van der Waals surface area contributed by atoms with E-state index in [1.807, 2.05) is 0 Å².